The molecule has 0 bridgehead atoms. The molecule has 11 heavy (non-hydrogen) atoms. The molecule has 64 valence electrons. The third-order valence-electron chi connectivity index (χ3n) is 1.40. The van der Waals surface area contributed by atoms with Gasteiger partial charge < -0.3 is 10.8 Å². The van der Waals surface area contributed by atoms with E-state index in [1.807, 2.05) is 6.92 Å². The fourth-order valence-corrected chi connectivity index (χ4v) is 0.732. The highest BCUT2D eigenvalue weighted by Gasteiger charge is 2.01. The lowest BCUT2D eigenvalue weighted by molar-refractivity contribution is -0.114. The number of carbonyl (C=O) groups excluding carboxylic acids is 1. The lowest BCUT2D eigenvalue weighted by Gasteiger charge is -2.00. The Balaban J connectivity index is 4.02. The first kappa shape index (κ1) is 10.2. The van der Waals surface area contributed by atoms with Gasteiger partial charge in [0.1, 0.15) is 0 Å². The predicted molar refractivity (Wildman–Crippen MR) is 43.9 cm³/mol. The summed E-state index contributed by atoms with van der Waals surface area (Å²) in [6.45, 7) is 3.53. The average Bonchev–Trinajstić information content (AvgIpc) is 1.87. The molecule has 3 N–H and O–H groups in total. The summed E-state index contributed by atoms with van der Waals surface area (Å²) in [6.07, 6.45) is 2.40. The molecule has 0 aliphatic heterocycles. The molecule has 0 aliphatic rings. The van der Waals surface area contributed by atoms with Gasteiger partial charge in [-0.1, -0.05) is 13.0 Å². The highest BCUT2D eigenvalue weighted by molar-refractivity contribution is 5.91. The first-order chi connectivity index (χ1) is 5.07. The second-order valence-corrected chi connectivity index (χ2v) is 2.53. The standard InChI is InChI=1S/C8H15NO2/c1-3-7(8(9)11)5-4-6(2)10/h5-6,10H,3-4H2,1-2H3,(H2,9,11). The van der Waals surface area contributed by atoms with Crippen molar-refractivity contribution < 1.29 is 9.90 Å². The summed E-state index contributed by atoms with van der Waals surface area (Å²) in [7, 11) is 0. The van der Waals surface area contributed by atoms with Crippen molar-refractivity contribution in [1.82, 2.24) is 0 Å². The fourth-order valence-electron chi connectivity index (χ4n) is 0.732. The molecule has 0 aliphatic carbocycles. The summed E-state index contributed by atoms with van der Waals surface area (Å²) in [5, 5.41) is 8.88. The lowest BCUT2D eigenvalue weighted by atomic mass is 10.1. The van der Waals surface area contributed by atoms with Crippen LogP contribution in [0.25, 0.3) is 0 Å². The van der Waals surface area contributed by atoms with E-state index in [0.29, 0.717) is 18.4 Å². The lowest BCUT2D eigenvalue weighted by Crippen LogP contribution is -2.13. The summed E-state index contributed by atoms with van der Waals surface area (Å²) in [5.41, 5.74) is 5.63. The van der Waals surface area contributed by atoms with E-state index in [-0.39, 0.29) is 0 Å². The van der Waals surface area contributed by atoms with E-state index >= 15 is 0 Å². The van der Waals surface area contributed by atoms with Crippen LogP contribution in [-0.4, -0.2) is 17.1 Å². The van der Waals surface area contributed by atoms with Gasteiger partial charge in [-0.05, 0) is 19.8 Å². The Morgan fingerprint density at radius 2 is 2.27 bits per heavy atom. The quantitative estimate of drug-likeness (QED) is 0.586. The first-order valence-electron chi connectivity index (χ1n) is 3.74. The normalized spacial score (nSPS) is 14.6. The smallest absolute Gasteiger partial charge is 0.244 e. The summed E-state index contributed by atoms with van der Waals surface area (Å²) >= 11 is 0. The number of hydrogen-bond donors (Lipinski definition) is 2. The van der Waals surface area contributed by atoms with Gasteiger partial charge in [0.2, 0.25) is 5.91 Å². The number of aliphatic hydroxyl groups excluding tert-OH is 1. The van der Waals surface area contributed by atoms with Gasteiger partial charge in [-0.15, -0.1) is 0 Å². The van der Waals surface area contributed by atoms with Crippen LogP contribution >= 0.6 is 0 Å². The number of nitrogens with two attached hydrogens (primary N) is 1. The minimum absolute atomic E-state index is 0.395. The van der Waals surface area contributed by atoms with E-state index in [1.54, 1.807) is 13.0 Å². The molecule has 3 nitrogen and oxygen atoms in total. The number of hydrogen-bond acceptors (Lipinski definition) is 2. The molecule has 1 amide bonds. The largest absolute Gasteiger partial charge is 0.393 e. The third-order valence-corrected chi connectivity index (χ3v) is 1.40. The molecule has 0 spiro atoms. The van der Waals surface area contributed by atoms with Crippen LogP contribution in [-0.2, 0) is 4.79 Å². The van der Waals surface area contributed by atoms with Crippen molar-refractivity contribution in [3.05, 3.63) is 11.6 Å². The predicted octanol–water partition coefficient (Wildman–Crippen LogP) is 0.579. The maximum absolute atomic E-state index is 10.6. The van der Waals surface area contributed by atoms with Gasteiger partial charge >= 0.3 is 0 Å². The second kappa shape index (κ2) is 4.91. The molecular formula is C8H15NO2. The molecule has 0 heterocycles. The fraction of sp³-hybridized carbons (Fsp3) is 0.625. The molecule has 0 radical (unpaired) electrons. The van der Waals surface area contributed by atoms with Crippen LogP contribution < -0.4 is 5.73 Å². The Labute approximate surface area is 66.9 Å². The number of primary amides is 1. The highest BCUT2D eigenvalue weighted by Crippen LogP contribution is 2.02. The van der Waals surface area contributed by atoms with Crippen LogP contribution in [0.5, 0.6) is 0 Å². The zero-order chi connectivity index (χ0) is 8.85. The van der Waals surface area contributed by atoms with Crippen molar-refractivity contribution in [2.75, 3.05) is 0 Å². The summed E-state index contributed by atoms with van der Waals surface area (Å²) in [4.78, 5) is 10.6. The zero-order valence-corrected chi connectivity index (χ0v) is 7.00. The number of carbonyl (C=O) groups is 1. The molecule has 1 atom stereocenters. The van der Waals surface area contributed by atoms with Crippen molar-refractivity contribution in [3.63, 3.8) is 0 Å². The molecule has 3 heteroatoms. The minimum Gasteiger partial charge on any atom is -0.393 e. The van der Waals surface area contributed by atoms with Crippen LogP contribution in [0.3, 0.4) is 0 Å². The van der Waals surface area contributed by atoms with E-state index < -0.39 is 12.0 Å². The van der Waals surface area contributed by atoms with Gasteiger partial charge in [-0.3, -0.25) is 4.79 Å². The Kier molecular flexibility index (Phi) is 4.54. The Morgan fingerprint density at radius 3 is 2.55 bits per heavy atom. The maximum atomic E-state index is 10.6. The second-order valence-electron chi connectivity index (χ2n) is 2.53. The van der Waals surface area contributed by atoms with Gasteiger partial charge in [0.05, 0.1) is 6.10 Å². The molecule has 0 aromatic heterocycles. The Morgan fingerprint density at radius 1 is 1.73 bits per heavy atom. The van der Waals surface area contributed by atoms with Crippen LogP contribution in [0.1, 0.15) is 26.7 Å². The SMILES string of the molecule is CCC(=CCC(C)O)C(N)=O. The zero-order valence-electron chi connectivity index (χ0n) is 7.00. The van der Waals surface area contributed by atoms with Crippen molar-refractivity contribution in [2.45, 2.75) is 32.8 Å². The average molecular weight is 157 g/mol. The van der Waals surface area contributed by atoms with Crippen LogP contribution in [0, 0.1) is 0 Å². The summed E-state index contributed by atoms with van der Waals surface area (Å²) in [5.74, 6) is -0.395. The van der Waals surface area contributed by atoms with Gasteiger partial charge in [0, 0.05) is 5.57 Å². The van der Waals surface area contributed by atoms with Crippen molar-refractivity contribution in [3.8, 4) is 0 Å². The Bertz CT molecular complexity index is 161. The molecule has 0 saturated heterocycles. The van der Waals surface area contributed by atoms with Crippen LogP contribution in [0.4, 0.5) is 0 Å². The van der Waals surface area contributed by atoms with Crippen LogP contribution in [0.15, 0.2) is 11.6 Å². The van der Waals surface area contributed by atoms with Crippen molar-refractivity contribution in [2.24, 2.45) is 5.73 Å². The van der Waals surface area contributed by atoms with Gasteiger partial charge in [0.25, 0.3) is 0 Å². The topological polar surface area (TPSA) is 63.3 Å². The van der Waals surface area contributed by atoms with Crippen LogP contribution in [0.2, 0.25) is 0 Å². The highest BCUT2D eigenvalue weighted by atomic mass is 16.3. The summed E-state index contributed by atoms with van der Waals surface area (Å²) < 4.78 is 0. The van der Waals surface area contributed by atoms with Crippen molar-refractivity contribution in [1.29, 1.82) is 0 Å². The van der Waals surface area contributed by atoms with E-state index in [4.69, 9.17) is 10.8 Å². The maximum Gasteiger partial charge on any atom is 0.244 e. The van der Waals surface area contributed by atoms with Gasteiger partial charge in [0.15, 0.2) is 0 Å². The van der Waals surface area contributed by atoms with Crippen molar-refractivity contribution >= 4 is 5.91 Å². The molecule has 1 unspecified atom stereocenters. The number of aliphatic hydroxyl groups is 1. The first-order valence-corrected chi connectivity index (χ1v) is 3.74. The Hall–Kier alpha value is -0.830. The molecule has 0 rings (SSSR count). The molecule has 0 aromatic carbocycles. The monoisotopic (exact) mass is 157 g/mol. The molecule has 0 fully saturated rings. The minimum atomic E-state index is -0.407. The molecular weight excluding hydrogens is 142 g/mol. The molecule has 0 aromatic rings. The van der Waals surface area contributed by atoms with Gasteiger partial charge in [-0.2, -0.15) is 0 Å². The summed E-state index contributed by atoms with van der Waals surface area (Å²) in [6, 6.07) is 0. The van der Waals surface area contributed by atoms with E-state index in [9.17, 15) is 4.79 Å². The van der Waals surface area contributed by atoms with Gasteiger partial charge in [-0.25, -0.2) is 0 Å². The van der Waals surface area contributed by atoms with E-state index in [2.05, 4.69) is 0 Å². The van der Waals surface area contributed by atoms with E-state index in [0.717, 1.165) is 0 Å². The third kappa shape index (κ3) is 4.56. The molecule has 0 saturated carbocycles. The van der Waals surface area contributed by atoms with E-state index in [1.165, 1.54) is 0 Å². The number of amides is 1. The number of rotatable bonds is 4.